The van der Waals surface area contributed by atoms with E-state index in [1.807, 2.05) is 0 Å². The molecule has 9 rings (SSSR count). The number of benzene rings is 9. The van der Waals surface area contributed by atoms with Crippen molar-refractivity contribution in [3.8, 4) is 33.4 Å². The Labute approximate surface area is 287 Å². The number of anilines is 3. The van der Waals surface area contributed by atoms with Gasteiger partial charge in [-0.2, -0.15) is 0 Å². The third-order valence-corrected chi connectivity index (χ3v) is 9.62. The Hall–Kier alpha value is -6.44. The van der Waals surface area contributed by atoms with Gasteiger partial charge in [-0.05, 0) is 108 Å². The molecule has 0 amide bonds. The van der Waals surface area contributed by atoms with E-state index in [-0.39, 0.29) is 0 Å². The van der Waals surface area contributed by atoms with Crippen LogP contribution in [0.15, 0.2) is 200 Å². The summed E-state index contributed by atoms with van der Waals surface area (Å²) in [7, 11) is 0. The molecule has 0 atom stereocenters. The molecule has 1 heteroatoms. The van der Waals surface area contributed by atoms with Gasteiger partial charge in [-0.25, -0.2) is 0 Å². The van der Waals surface area contributed by atoms with Crippen LogP contribution in [0.25, 0.3) is 65.7 Å². The Morgan fingerprint density at radius 1 is 0.265 bits per heavy atom. The van der Waals surface area contributed by atoms with Crippen LogP contribution in [0.3, 0.4) is 0 Å². The zero-order valence-electron chi connectivity index (χ0n) is 27.0. The molecule has 0 N–H and O–H groups in total. The predicted molar refractivity (Wildman–Crippen MR) is 210 cm³/mol. The highest BCUT2D eigenvalue weighted by atomic mass is 15.1. The topological polar surface area (TPSA) is 3.24 Å². The van der Waals surface area contributed by atoms with Crippen molar-refractivity contribution in [3.63, 3.8) is 0 Å². The van der Waals surface area contributed by atoms with E-state index < -0.39 is 0 Å². The Morgan fingerprint density at radius 2 is 0.653 bits per heavy atom. The van der Waals surface area contributed by atoms with E-state index in [2.05, 4.69) is 205 Å². The largest absolute Gasteiger partial charge is 0.311 e. The van der Waals surface area contributed by atoms with Gasteiger partial charge in [-0.3, -0.25) is 0 Å². The summed E-state index contributed by atoms with van der Waals surface area (Å²) in [5, 5.41) is 7.65. The molecule has 1 nitrogen and oxygen atoms in total. The number of nitrogens with zero attached hydrogens (tertiary/aromatic N) is 1. The molecular formula is C48H33N. The quantitative estimate of drug-likeness (QED) is 0.167. The van der Waals surface area contributed by atoms with E-state index in [4.69, 9.17) is 0 Å². The predicted octanol–water partition coefficient (Wildman–Crippen LogP) is 13.6. The van der Waals surface area contributed by atoms with Gasteiger partial charge < -0.3 is 4.90 Å². The van der Waals surface area contributed by atoms with Gasteiger partial charge in [0.25, 0.3) is 0 Å². The van der Waals surface area contributed by atoms with E-state index >= 15 is 0 Å². The van der Waals surface area contributed by atoms with Gasteiger partial charge in [0, 0.05) is 17.1 Å². The number of hydrogen-bond acceptors (Lipinski definition) is 1. The molecule has 230 valence electrons. The van der Waals surface area contributed by atoms with Crippen LogP contribution in [-0.4, -0.2) is 0 Å². The summed E-state index contributed by atoms with van der Waals surface area (Å²) in [5.41, 5.74) is 10.7. The maximum absolute atomic E-state index is 2.43. The highest BCUT2D eigenvalue weighted by molar-refractivity contribution is 6.32. The third kappa shape index (κ3) is 5.04. The van der Waals surface area contributed by atoms with Crippen molar-refractivity contribution in [2.75, 3.05) is 4.90 Å². The minimum Gasteiger partial charge on any atom is -0.311 e. The minimum absolute atomic E-state index is 1.11. The van der Waals surface area contributed by atoms with Gasteiger partial charge in [0.1, 0.15) is 0 Å². The first-order valence-electron chi connectivity index (χ1n) is 16.9. The Bertz CT molecular complexity index is 2520. The molecule has 0 saturated heterocycles. The molecule has 0 aliphatic rings. The molecule has 9 aromatic carbocycles. The number of hydrogen-bond donors (Lipinski definition) is 0. The third-order valence-electron chi connectivity index (χ3n) is 9.62. The average Bonchev–Trinajstić information content (AvgIpc) is 3.19. The van der Waals surface area contributed by atoms with Crippen molar-refractivity contribution < 1.29 is 0 Å². The van der Waals surface area contributed by atoms with Crippen LogP contribution in [0.4, 0.5) is 17.1 Å². The zero-order valence-corrected chi connectivity index (χ0v) is 27.0. The van der Waals surface area contributed by atoms with Crippen LogP contribution in [0, 0.1) is 0 Å². The number of para-hydroxylation sites is 2. The van der Waals surface area contributed by atoms with Crippen molar-refractivity contribution >= 4 is 49.4 Å². The SMILES string of the molecule is c1ccc(-c2cc(-c3ccccc3)c3c4ccccc4c4ccccc4c3c2-c2ccc(N(c3ccccc3)c3ccccc3)cc2)cc1. The van der Waals surface area contributed by atoms with Gasteiger partial charge in [-0.15, -0.1) is 0 Å². The Balaban J connectivity index is 1.38. The average molecular weight is 624 g/mol. The molecule has 49 heavy (non-hydrogen) atoms. The number of fused-ring (bicyclic) bond motifs is 6. The van der Waals surface area contributed by atoms with Crippen LogP contribution < -0.4 is 4.90 Å². The molecule has 0 fully saturated rings. The number of rotatable bonds is 6. The molecule has 0 aliphatic carbocycles. The highest BCUT2D eigenvalue weighted by Crippen LogP contribution is 2.49. The zero-order chi connectivity index (χ0) is 32.6. The fourth-order valence-electron chi connectivity index (χ4n) is 7.47. The maximum Gasteiger partial charge on any atom is 0.0462 e. The maximum atomic E-state index is 2.43. The van der Waals surface area contributed by atoms with Crippen molar-refractivity contribution in [3.05, 3.63) is 200 Å². The monoisotopic (exact) mass is 623 g/mol. The second-order valence-electron chi connectivity index (χ2n) is 12.5. The van der Waals surface area contributed by atoms with E-state index in [0.717, 1.165) is 17.1 Å². The lowest BCUT2D eigenvalue weighted by Crippen LogP contribution is -2.09. The lowest BCUT2D eigenvalue weighted by atomic mass is 9.81. The lowest BCUT2D eigenvalue weighted by Gasteiger charge is -2.26. The summed E-state index contributed by atoms with van der Waals surface area (Å²) in [6, 6.07) is 72.3. The van der Waals surface area contributed by atoms with Crippen molar-refractivity contribution in [1.29, 1.82) is 0 Å². The molecule has 0 bridgehead atoms. The highest BCUT2D eigenvalue weighted by Gasteiger charge is 2.22. The van der Waals surface area contributed by atoms with Crippen LogP contribution in [-0.2, 0) is 0 Å². The Morgan fingerprint density at radius 3 is 1.16 bits per heavy atom. The summed E-state index contributed by atoms with van der Waals surface area (Å²) in [5.74, 6) is 0. The van der Waals surface area contributed by atoms with E-state index in [0.29, 0.717) is 0 Å². The summed E-state index contributed by atoms with van der Waals surface area (Å²) >= 11 is 0. The fraction of sp³-hybridized carbons (Fsp3) is 0. The van der Waals surface area contributed by atoms with Gasteiger partial charge in [0.15, 0.2) is 0 Å². The Kier molecular flexibility index (Phi) is 7.22. The summed E-state index contributed by atoms with van der Waals surface area (Å²) in [6.07, 6.45) is 0. The molecule has 0 radical (unpaired) electrons. The van der Waals surface area contributed by atoms with Gasteiger partial charge >= 0.3 is 0 Å². The van der Waals surface area contributed by atoms with Crippen LogP contribution in [0.2, 0.25) is 0 Å². The van der Waals surface area contributed by atoms with Gasteiger partial charge in [0.2, 0.25) is 0 Å². The lowest BCUT2D eigenvalue weighted by molar-refractivity contribution is 1.28. The van der Waals surface area contributed by atoms with Crippen molar-refractivity contribution in [1.82, 2.24) is 0 Å². The molecule has 0 aliphatic heterocycles. The summed E-state index contributed by atoms with van der Waals surface area (Å²) in [4.78, 5) is 2.32. The molecule has 9 aromatic rings. The molecule has 0 saturated carbocycles. The second kappa shape index (κ2) is 12.3. The second-order valence-corrected chi connectivity index (χ2v) is 12.5. The first-order valence-corrected chi connectivity index (χ1v) is 16.9. The van der Waals surface area contributed by atoms with Crippen LogP contribution in [0.5, 0.6) is 0 Å². The first-order chi connectivity index (χ1) is 24.3. The smallest absolute Gasteiger partial charge is 0.0462 e. The van der Waals surface area contributed by atoms with E-state index in [9.17, 15) is 0 Å². The summed E-state index contributed by atoms with van der Waals surface area (Å²) in [6.45, 7) is 0. The molecule has 0 heterocycles. The molecule has 0 spiro atoms. The van der Waals surface area contributed by atoms with Gasteiger partial charge in [-0.1, -0.05) is 158 Å². The van der Waals surface area contributed by atoms with E-state index in [1.165, 1.54) is 65.7 Å². The van der Waals surface area contributed by atoms with Crippen LogP contribution in [0.1, 0.15) is 0 Å². The first kappa shape index (κ1) is 28.8. The summed E-state index contributed by atoms with van der Waals surface area (Å²) < 4.78 is 0. The van der Waals surface area contributed by atoms with Gasteiger partial charge in [0.05, 0.1) is 0 Å². The minimum atomic E-state index is 1.11. The van der Waals surface area contributed by atoms with Crippen LogP contribution >= 0.6 is 0 Å². The normalized spacial score (nSPS) is 11.3. The van der Waals surface area contributed by atoms with Crippen molar-refractivity contribution in [2.45, 2.75) is 0 Å². The molecule has 0 unspecified atom stereocenters. The molecular weight excluding hydrogens is 591 g/mol. The van der Waals surface area contributed by atoms with E-state index in [1.54, 1.807) is 0 Å². The molecule has 0 aromatic heterocycles. The fourth-order valence-corrected chi connectivity index (χ4v) is 7.47. The van der Waals surface area contributed by atoms with Crippen molar-refractivity contribution in [2.24, 2.45) is 0 Å². The standard InChI is InChI=1S/C48H33N/c1-5-17-34(18-6-1)44-33-45(35-19-7-2-8-20-35)47-42-27-15-13-25-40(42)41-26-14-16-28-43(41)48(47)46(44)36-29-31-39(32-30-36)49(37-21-9-3-10-22-37)38-23-11-4-12-24-38/h1-33H.